The van der Waals surface area contributed by atoms with Crippen LogP contribution in [0, 0.1) is 27.7 Å². The summed E-state index contributed by atoms with van der Waals surface area (Å²) in [5, 5.41) is 11.1. The summed E-state index contributed by atoms with van der Waals surface area (Å²) >= 11 is 0. The average molecular weight is 311 g/mol. The summed E-state index contributed by atoms with van der Waals surface area (Å²) in [4.78, 5) is 0.269. The van der Waals surface area contributed by atoms with Crippen LogP contribution in [0.5, 0.6) is 0 Å². The Bertz CT molecular complexity index is 738. The molecule has 2 rings (SSSR count). The van der Waals surface area contributed by atoms with Crippen LogP contribution >= 0.6 is 0 Å². The van der Waals surface area contributed by atoms with E-state index in [1.165, 1.54) is 0 Å². The van der Waals surface area contributed by atoms with Crippen LogP contribution in [0.15, 0.2) is 4.90 Å². The number of aryl methyl sites for hydroxylation is 4. The lowest BCUT2D eigenvalue weighted by Gasteiger charge is -2.07. The van der Waals surface area contributed by atoms with Crippen molar-refractivity contribution < 1.29 is 8.42 Å². The summed E-state index contributed by atoms with van der Waals surface area (Å²) in [7, 11) is -1.81. The molecule has 21 heavy (non-hydrogen) atoms. The second-order valence-corrected chi connectivity index (χ2v) is 6.89. The quantitative estimate of drug-likeness (QED) is 0.858. The molecular formula is C13H21N5O2S. The summed E-state index contributed by atoms with van der Waals surface area (Å²) < 4.78 is 29.0. The van der Waals surface area contributed by atoms with E-state index in [0.29, 0.717) is 24.4 Å². The fraction of sp³-hybridized carbons (Fsp3) is 0.538. The second-order valence-electron chi connectivity index (χ2n) is 5.18. The van der Waals surface area contributed by atoms with Gasteiger partial charge in [0.15, 0.2) is 0 Å². The molecule has 0 atom stereocenters. The van der Waals surface area contributed by atoms with E-state index in [0.717, 1.165) is 17.0 Å². The van der Waals surface area contributed by atoms with E-state index in [4.69, 9.17) is 0 Å². The fourth-order valence-corrected chi connectivity index (χ4v) is 3.93. The van der Waals surface area contributed by atoms with Crippen molar-refractivity contribution in [1.29, 1.82) is 0 Å². The highest BCUT2D eigenvalue weighted by molar-refractivity contribution is 7.89. The van der Waals surface area contributed by atoms with Gasteiger partial charge in [0.1, 0.15) is 4.90 Å². The molecule has 0 saturated heterocycles. The summed E-state index contributed by atoms with van der Waals surface area (Å²) in [5.74, 6) is 0. The van der Waals surface area contributed by atoms with Gasteiger partial charge in [-0.3, -0.25) is 9.78 Å². The van der Waals surface area contributed by atoms with Gasteiger partial charge in [-0.1, -0.05) is 0 Å². The van der Waals surface area contributed by atoms with Crippen LogP contribution < -0.4 is 4.72 Å². The average Bonchev–Trinajstić information content (AvgIpc) is 2.82. The number of sulfonamides is 1. The third-order valence-corrected chi connectivity index (χ3v) is 5.37. The van der Waals surface area contributed by atoms with Crippen molar-refractivity contribution in [2.24, 2.45) is 7.05 Å². The molecule has 2 aromatic rings. The van der Waals surface area contributed by atoms with E-state index in [-0.39, 0.29) is 4.90 Å². The number of H-pyrrole nitrogens is 1. The second kappa shape index (κ2) is 5.61. The smallest absolute Gasteiger partial charge is 0.244 e. The number of hydrogen-bond acceptors (Lipinski definition) is 4. The molecular weight excluding hydrogens is 290 g/mol. The first-order valence-corrected chi connectivity index (χ1v) is 8.22. The third-order valence-electron chi connectivity index (χ3n) is 3.66. The number of hydrogen-bond donors (Lipinski definition) is 2. The van der Waals surface area contributed by atoms with Gasteiger partial charge in [-0.25, -0.2) is 13.1 Å². The standard InChI is InChI=1S/C13H21N5O2S/c1-8-12(9(2)16-15-8)6-7-14-21(19,20)13-10(3)17-18(5)11(13)4/h14H,6-7H2,1-5H3,(H,15,16). The van der Waals surface area contributed by atoms with Crippen molar-refractivity contribution >= 4 is 10.0 Å². The molecule has 8 heteroatoms. The highest BCUT2D eigenvalue weighted by Gasteiger charge is 2.23. The lowest BCUT2D eigenvalue weighted by molar-refractivity contribution is 0.580. The molecule has 7 nitrogen and oxygen atoms in total. The number of aromatic nitrogens is 4. The van der Waals surface area contributed by atoms with E-state index in [2.05, 4.69) is 20.0 Å². The molecule has 0 amide bonds. The molecule has 0 aliphatic rings. The summed E-state index contributed by atoms with van der Waals surface area (Å²) in [6.45, 7) is 7.62. The Balaban J connectivity index is 2.12. The van der Waals surface area contributed by atoms with Crippen LogP contribution in [0.25, 0.3) is 0 Å². The van der Waals surface area contributed by atoms with Crippen molar-refractivity contribution in [3.8, 4) is 0 Å². The molecule has 116 valence electrons. The zero-order valence-corrected chi connectivity index (χ0v) is 13.8. The van der Waals surface area contributed by atoms with E-state index in [1.54, 1.807) is 25.6 Å². The van der Waals surface area contributed by atoms with Crippen LogP contribution in [0.1, 0.15) is 28.3 Å². The maximum absolute atomic E-state index is 12.4. The number of nitrogens with zero attached hydrogens (tertiary/aromatic N) is 3. The first-order valence-electron chi connectivity index (χ1n) is 6.74. The van der Waals surface area contributed by atoms with Crippen LogP contribution in [-0.4, -0.2) is 34.9 Å². The van der Waals surface area contributed by atoms with E-state index in [9.17, 15) is 8.42 Å². The van der Waals surface area contributed by atoms with Gasteiger partial charge in [0.2, 0.25) is 10.0 Å². The Kier molecular flexibility index (Phi) is 4.20. The molecule has 0 saturated carbocycles. The van der Waals surface area contributed by atoms with Crippen molar-refractivity contribution in [3.05, 3.63) is 28.3 Å². The lowest BCUT2D eigenvalue weighted by Crippen LogP contribution is -2.27. The summed E-state index contributed by atoms with van der Waals surface area (Å²) in [6, 6.07) is 0. The van der Waals surface area contributed by atoms with Crippen molar-refractivity contribution in [3.63, 3.8) is 0 Å². The van der Waals surface area contributed by atoms with Gasteiger partial charge in [0, 0.05) is 19.3 Å². The van der Waals surface area contributed by atoms with Crippen LogP contribution in [-0.2, 0) is 23.5 Å². The van der Waals surface area contributed by atoms with E-state index < -0.39 is 10.0 Å². The molecule has 0 bridgehead atoms. The van der Waals surface area contributed by atoms with Crippen LogP contribution in [0.3, 0.4) is 0 Å². The SMILES string of the molecule is Cc1n[nH]c(C)c1CCNS(=O)(=O)c1c(C)nn(C)c1C. The minimum atomic E-state index is -3.54. The zero-order valence-electron chi connectivity index (χ0n) is 13.0. The third kappa shape index (κ3) is 3.01. The van der Waals surface area contributed by atoms with Gasteiger partial charge in [-0.2, -0.15) is 10.2 Å². The van der Waals surface area contributed by atoms with Gasteiger partial charge in [-0.05, 0) is 39.7 Å². The highest BCUT2D eigenvalue weighted by Crippen LogP contribution is 2.18. The maximum Gasteiger partial charge on any atom is 0.244 e. The molecule has 2 aromatic heterocycles. The van der Waals surface area contributed by atoms with E-state index in [1.807, 2.05) is 13.8 Å². The van der Waals surface area contributed by atoms with Gasteiger partial charge in [-0.15, -0.1) is 0 Å². The Morgan fingerprint density at radius 1 is 1.19 bits per heavy atom. The minimum Gasteiger partial charge on any atom is -0.282 e. The van der Waals surface area contributed by atoms with Crippen LogP contribution in [0.2, 0.25) is 0 Å². The van der Waals surface area contributed by atoms with Gasteiger partial charge in [0.05, 0.1) is 17.1 Å². The Hall–Kier alpha value is -1.67. The molecule has 0 aromatic carbocycles. The monoisotopic (exact) mass is 311 g/mol. The fourth-order valence-electron chi connectivity index (χ4n) is 2.47. The molecule has 0 aliphatic heterocycles. The van der Waals surface area contributed by atoms with Gasteiger partial charge >= 0.3 is 0 Å². The normalized spacial score (nSPS) is 12.0. The first-order chi connectivity index (χ1) is 9.74. The van der Waals surface area contributed by atoms with Crippen molar-refractivity contribution in [2.45, 2.75) is 39.0 Å². The Morgan fingerprint density at radius 3 is 2.33 bits per heavy atom. The molecule has 0 aliphatic carbocycles. The zero-order chi connectivity index (χ0) is 15.8. The minimum absolute atomic E-state index is 0.269. The maximum atomic E-state index is 12.4. The molecule has 2 heterocycles. The van der Waals surface area contributed by atoms with Crippen molar-refractivity contribution in [2.75, 3.05) is 6.54 Å². The Morgan fingerprint density at radius 2 is 1.86 bits per heavy atom. The largest absolute Gasteiger partial charge is 0.282 e. The summed E-state index contributed by atoms with van der Waals surface area (Å²) in [5.41, 5.74) is 4.08. The first kappa shape index (κ1) is 15.7. The lowest BCUT2D eigenvalue weighted by atomic mass is 10.1. The molecule has 0 spiro atoms. The van der Waals surface area contributed by atoms with E-state index >= 15 is 0 Å². The number of nitrogens with one attached hydrogen (secondary N) is 2. The van der Waals surface area contributed by atoms with Gasteiger partial charge in [0.25, 0.3) is 0 Å². The van der Waals surface area contributed by atoms with Gasteiger partial charge < -0.3 is 0 Å². The van der Waals surface area contributed by atoms with Crippen LogP contribution in [0.4, 0.5) is 0 Å². The molecule has 2 N–H and O–H groups in total. The Labute approximate surface area is 124 Å². The molecule has 0 unspecified atom stereocenters. The number of aromatic amines is 1. The topological polar surface area (TPSA) is 92.7 Å². The predicted octanol–water partition coefficient (Wildman–Crippen LogP) is 0.898. The highest BCUT2D eigenvalue weighted by atomic mass is 32.2. The molecule has 0 fully saturated rings. The molecule has 0 radical (unpaired) electrons. The number of rotatable bonds is 5. The van der Waals surface area contributed by atoms with Crippen molar-refractivity contribution in [1.82, 2.24) is 24.7 Å². The predicted molar refractivity (Wildman–Crippen MR) is 79.6 cm³/mol. The summed E-state index contributed by atoms with van der Waals surface area (Å²) in [6.07, 6.45) is 0.603.